The molecule has 1 fully saturated rings. The second kappa shape index (κ2) is 6.80. The Morgan fingerprint density at radius 3 is 2.59 bits per heavy atom. The van der Waals surface area contributed by atoms with Crippen molar-refractivity contribution in [2.45, 2.75) is 32.7 Å². The maximum absolute atomic E-state index is 13.0. The molecule has 2 aliphatic rings. The number of hydrogen-bond acceptors (Lipinski definition) is 3. The van der Waals surface area contributed by atoms with Gasteiger partial charge in [0.2, 0.25) is 5.91 Å². The second-order valence-electron chi connectivity index (χ2n) is 6.37. The van der Waals surface area contributed by atoms with Crippen LogP contribution in [0.2, 0.25) is 0 Å². The quantitative estimate of drug-likeness (QED) is 0.854. The van der Waals surface area contributed by atoms with Crippen LogP contribution in [0.1, 0.15) is 25.8 Å². The molecule has 0 bridgehead atoms. The van der Waals surface area contributed by atoms with Crippen LogP contribution >= 0.6 is 0 Å². The van der Waals surface area contributed by atoms with Crippen molar-refractivity contribution in [3.8, 4) is 0 Å². The fourth-order valence-electron chi connectivity index (χ4n) is 3.61. The highest BCUT2D eigenvalue weighted by molar-refractivity contribution is 5.98. The number of rotatable bonds is 3. The minimum atomic E-state index is -0.0230. The molecular formula is C18H27N3O. The zero-order valence-electron chi connectivity index (χ0n) is 13.8. The number of carbonyl (C=O) groups excluding carboxylic acids is 1. The molecule has 0 aliphatic carbocycles. The Kier molecular flexibility index (Phi) is 4.79. The molecule has 1 aromatic carbocycles. The number of carbonyl (C=O) groups is 1. The van der Waals surface area contributed by atoms with Gasteiger partial charge in [0.15, 0.2) is 0 Å². The number of fused-ring (bicyclic) bond motifs is 1. The Labute approximate surface area is 133 Å². The van der Waals surface area contributed by atoms with Crippen LogP contribution in [0.3, 0.4) is 0 Å². The molecule has 0 saturated carbocycles. The maximum Gasteiger partial charge on any atom is 0.244 e. The van der Waals surface area contributed by atoms with Gasteiger partial charge < -0.3 is 9.80 Å². The predicted molar refractivity (Wildman–Crippen MR) is 90.3 cm³/mol. The Morgan fingerprint density at radius 1 is 1.14 bits per heavy atom. The molecule has 4 nitrogen and oxygen atoms in total. The van der Waals surface area contributed by atoms with Crippen LogP contribution in [0.25, 0.3) is 0 Å². The summed E-state index contributed by atoms with van der Waals surface area (Å²) >= 11 is 0. The maximum atomic E-state index is 13.0. The van der Waals surface area contributed by atoms with Gasteiger partial charge in [0.25, 0.3) is 0 Å². The van der Waals surface area contributed by atoms with Crippen molar-refractivity contribution in [3.63, 3.8) is 0 Å². The number of piperazine rings is 1. The summed E-state index contributed by atoms with van der Waals surface area (Å²) < 4.78 is 0. The summed E-state index contributed by atoms with van der Waals surface area (Å²) in [6.45, 7) is 10.4. The van der Waals surface area contributed by atoms with Crippen molar-refractivity contribution < 1.29 is 4.79 Å². The third-order valence-electron chi connectivity index (χ3n) is 5.14. The van der Waals surface area contributed by atoms with E-state index in [0.29, 0.717) is 0 Å². The first-order chi connectivity index (χ1) is 10.7. The van der Waals surface area contributed by atoms with Crippen molar-refractivity contribution in [1.82, 2.24) is 9.80 Å². The zero-order valence-corrected chi connectivity index (χ0v) is 13.8. The summed E-state index contributed by atoms with van der Waals surface area (Å²) in [5, 5.41) is 0. The number of likely N-dealkylation sites (N-methyl/N-ethyl adjacent to an activating group) is 1. The smallest absolute Gasteiger partial charge is 0.244 e. The molecule has 2 aliphatic heterocycles. The van der Waals surface area contributed by atoms with E-state index in [-0.39, 0.29) is 11.9 Å². The van der Waals surface area contributed by atoms with Gasteiger partial charge in [0.1, 0.15) is 0 Å². The Morgan fingerprint density at radius 2 is 1.86 bits per heavy atom. The highest BCUT2D eigenvalue weighted by Crippen LogP contribution is 2.27. The fourth-order valence-corrected chi connectivity index (χ4v) is 3.61. The number of nitrogens with zero attached hydrogens (tertiary/aromatic N) is 3. The lowest BCUT2D eigenvalue weighted by atomic mass is 10.0. The van der Waals surface area contributed by atoms with E-state index in [9.17, 15) is 4.79 Å². The van der Waals surface area contributed by atoms with Crippen LogP contribution in [0.4, 0.5) is 5.69 Å². The fraction of sp³-hybridized carbons (Fsp3) is 0.611. The molecule has 0 radical (unpaired) electrons. The average molecular weight is 301 g/mol. The van der Waals surface area contributed by atoms with Gasteiger partial charge in [-0.15, -0.1) is 0 Å². The van der Waals surface area contributed by atoms with Crippen LogP contribution in [0, 0.1) is 0 Å². The number of benzene rings is 1. The lowest BCUT2D eigenvalue weighted by molar-refractivity contribution is -0.124. The van der Waals surface area contributed by atoms with E-state index < -0.39 is 0 Å². The third kappa shape index (κ3) is 3.03. The molecule has 1 amide bonds. The van der Waals surface area contributed by atoms with E-state index in [2.05, 4.69) is 41.8 Å². The van der Waals surface area contributed by atoms with Gasteiger partial charge in [-0.05, 0) is 37.9 Å². The highest BCUT2D eigenvalue weighted by atomic mass is 16.2. The van der Waals surface area contributed by atoms with Crippen LogP contribution < -0.4 is 4.90 Å². The van der Waals surface area contributed by atoms with Gasteiger partial charge in [-0.3, -0.25) is 9.69 Å². The SMILES string of the molecule is CCN1CCN(C(C)C(=O)N2CCCc3ccccc32)CC1. The van der Waals surface area contributed by atoms with Crippen molar-refractivity contribution in [2.75, 3.05) is 44.2 Å². The van der Waals surface area contributed by atoms with Gasteiger partial charge >= 0.3 is 0 Å². The van der Waals surface area contributed by atoms with Crippen molar-refractivity contribution >= 4 is 11.6 Å². The average Bonchev–Trinajstić information content (AvgIpc) is 2.60. The topological polar surface area (TPSA) is 26.8 Å². The summed E-state index contributed by atoms with van der Waals surface area (Å²) in [6.07, 6.45) is 2.16. The molecule has 3 rings (SSSR count). The first-order valence-electron chi connectivity index (χ1n) is 8.56. The van der Waals surface area contributed by atoms with E-state index in [4.69, 9.17) is 0 Å². The van der Waals surface area contributed by atoms with Crippen LogP contribution in [0.15, 0.2) is 24.3 Å². The van der Waals surface area contributed by atoms with E-state index in [1.54, 1.807) is 0 Å². The molecular weight excluding hydrogens is 274 g/mol. The molecule has 4 heteroatoms. The lowest BCUT2D eigenvalue weighted by Crippen LogP contribution is -2.55. The van der Waals surface area contributed by atoms with Gasteiger partial charge in [-0.2, -0.15) is 0 Å². The standard InChI is InChI=1S/C18H27N3O/c1-3-19-11-13-20(14-12-19)15(2)18(22)21-10-6-8-16-7-4-5-9-17(16)21/h4-5,7,9,15H,3,6,8,10-14H2,1-2H3. The van der Waals surface area contributed by atoms with E-state index >= 15 is 0 Å². The summed E-state index contributed by atoms with van der Waals surface area (Å²) in [5.74, 6) is 0.261. The van der Waals surface area contributed by atoms with E-state index in [1.165, 1.54) is 5.56 Å². The molecule has 1 unspecified atom stereocenters. The lowest BCUT2D eigenvalue weighted by Gasteiger charge is -2.39. The van der Waals surface area contributed by atoms with Gasteiger partial charge in [0, 0.05) is 38.4 Å². The molecule has 120 valence electrons. The van der Waals surface area contributed by atoms with Gasteiger partial charge in [-0.1, -0.05) is 25.1 Å². The number of hydrogen-bond donors (Lipinski definition) is 0. The summed E-state index contributed by atoms with van der Waals surface area (Å²) in [5.41, 5.74) is 2.43. The normalized spacial score (nSPS) is 21.5. The highest BCUT2D eigenvalue weighted by Gasteiger charge is 2.30. The van der Waals surface area contributed by atoms with E-state index in [1.807, 2.05) is 11.0 Å². The minimum Gasteiger partial charge on any atom is -0.311 e. The number of anilines is 1. The Hall–Kier alpha value is -1.39. The Balaban J connectivity index is 1.69. The van der Waals surface area contributed by atoms with Crippen molar-refractivity contribution in [2.24, 2.45) is 0 Å². The predicted octanol–water partition coefficient (Wildman–Crippen LogP) is 1.99. The van der Waals surface area contributed by atoms with Crippen LogP contribution in [-0.2, 0) is 11.2 Å². The second-order valence-corrected chi connectivity index (χ2v) is 6.37. The molecule has 0 aromatic heterocycles. The molecule has 0 spiro atoms. The molecule has 0 N–H and O–H groups in total. The van der Waals surface area contributed by atoms with E-state index in [0.717, 1.165) is 57.8 Å². The van der Waals surface area contributed by atoms with Gasteiger partial charge in [0.05, 0.1) is 6.04 Å². The molecule has 1 atom stereocenters. The Bertz CT molecular complexity index is 523. The minimum absolute atomic E-state index is 0.0230. The van der Waals surface area contributed by atoms with Crippen molar-refractivity contribution in [1.29, 1.82) is 0 Å². The van der Waals surface area contributed by atoms with Crippen LogP contribution in [-0.4, -0.2) is 61.0 Å². The number of amides is 1. The summed E-state index contributed by atoms with van der Waals surface area (Å²) in [7, 11) is 0. The first kappa shape index (κ1) is 15.5. The largest absolute Gasteiger partial charge is 0.311 e. The van der Waals surface area contributed by atoms with Crippen LogP contribution in [0.5, 0.6) is 0 Å². The monoisotopic (exact) mass is 301 g/mol. The molecule has 1 saturated heterocycles. The first-order valence-corrected chi connectivity index (χ1v) is 8.56. The zero-order chi connectivity index (χ0) is 15.5. The number of para-hydroxylation sites is 1. The van der Waals surface area contributed by atoms with Crippen molar-refractivity contribution in [3.05, 3.63) is 29.8 Å². The van der Waals surface area contributed by atoms with Gasteiger partial charge in [-0.25, -0.2) is 0 Å². The molecule has 1 aromatic rings. The summed E-state index contributed by atoms with van der Waals surface area (Å²) in [4.78, 5) is 19.8. The third-order valence-corrected chi connectivity index (χ3v) is 5.14. The summed E-state index contributed by atoms with van der Waals surface area (Å²) in [6, 6.07) is 8.33. The number of aryl methyl sites for hydroxylation is 1. The molecule has 2 heterocycles. The molecule has 22 heavy (non-hydrogen) atoms.